The topological polar surface area (TPSA) is 30.2 Å². The molecule has 1 aliphatic rings. The lowest BCUT2D eigenvalue weighted by Crippen LogP contribution is -2.11. The molecule has 2 nitrogen and oxygen atoms in total. The third-order valence-corrected chi connectivity index (χ3v) is 3.94. The van der Waals surface area contributed by atoms with Gasteiger partial charge in [-0.25, -0.2) is 0 Å². The number of rotatable bonds is 6. The van der Waals surface area contributed by atoms with Gasteiger partial charge in [0.15, 0.2) is 5.43 Å². The molecule has 0 fully saturated rings. The fourth-order valence-corrected chi connectivity index (χ4v) is 2.64. The molecule has 0 N–H and O–H groups in total. The van der Waals surface area contributed by atoms with Crippen molar-refractivity contribution in [2.45, 2.75) is 32.6 Å². The first-order valence-corrected chi connectivity index (χ1v) is 7.43. The Balaban J connectivity index is 1.97. The van der Waals surface area contributed by atoms with E-state index in [1.807, 2.05) is 43.7 Å². The summed E-state index contributed by atoms with van der Waals surface area (Å²) in [5, 5.41) is 0.693. The van der Waals surface area contributed by atoms with Crippen molar-refractivity contribution in [2.24, 2.45) is 0 Å². The van der Waals surface area contributed by atoms with Gasteiger partial charge in [-0.3, -0.25) is 4.79 Å². The van der Waals surface area contributed by atoms with Crippen LogP contribution in [0.15, 0.2) is 46.1 Å². The largest absolute Gasteiger partial charge is 0.461 e. The van der Waals surface area contributed by atoms with Crippen molar-refractivity contribution < 1.29 is 4.42 Å². The summed E-state index contributed by atoms with van der Waals surface area (Å²) in [5.41, 5.74) is 3.91. The van der Waals surface area contributed by atoms with Gasteiger partial charge in [0, 0.05) is 12.0 Å². The predicted molar refractivity (Wildman–Crippen MR) is 87.3 cm³/mol. The minimum atomic E-state index is 0.121. The summed E-state index contributed by atoms with van der Waals surface area (Å²) >= 11 is 0. The first-order valence-electron chi connectivity index (χ1n) is 7.43. The molecule has 3 rings (SSSR count). The molecule has 0 spiro atoms. The van der Waals surface area contributed by atoms with Gasteiger partial charge in [0.1, 0.15) is 11.3 Å². The van der Waals surface area contributed by atoms with Crippen molar-refractivity contribution in [2.75, 3.05) is 0 Å². The Morgan fingerprint density at radius 2 is 2.10 bits per heavy atom. The van der Waals surface area contributed by atoms with E-state index in [-0.39, 0.29) is 5.43 Å². The molecule has 0 amide bonds. The molecule has 1 heterocycles. The van der Waals surface area contributed by atoms with Crippen molar-refractivity contribution in [3.63, 3.8) is 0 Å². The van der Waals surface area contributed by atoms with Crippen molar-refractivity contribution in [3.05, 3.63) is 70.5 Å². The lowest BCUT2D eigenvalue weighted by Gasteiger charge is -2.07. The molecule has 1 aromatic heterocycles. The molecule has 1 radical (unpaired) electrons. The highest BCUT2D eigenvalue weighted by Crippen LogP contribution is 2.31. The summed E-state index contributed by atoms with van der Waals surface area (Å²) < 4.78 is 5.84. The number of allylic oxidation sites excluding steroid dienone is 3. The molecule has 107 valence electrons. The quantitative estimate of drug-likeness (QED) is 0.571. The average Bonchev–Trinajstić information content (AvgIpc) is 3.31. The molecule has 0 unspecified atom stereocenters. The van der Waals surface area contributed by atoms with Crippen LogP contribution < -0.4 is 5.43 Å². The summed E-state index contributed by atoms with van der Waals surface area (Å²) in [6.07, 6.45) is 9.83. The third-order valence-electron chi connectivity index (χ3n) is 3.94. The Labute approximate surface area is 124 Å². The number of hydrogen-bond donors (Lipinski definition) is 0. The number of fused-ring (bicyclic) bond motifs is 1. The molecule has 0 saturated heterocycles. The van der Waals surface area contributed by atoms with Gasteiger partial charge in [0.05, 0.1) is 5.39 Å². The van der Waals surface area contributed by atoms with Crippen LogP contribution in [0.4, 0.5) is 0 Å². The first-order chi connectivity index (χ1) is 10.2. The molecule has 1 aromatic carbocycles. The molecular formula is C19H19O2. The van der Waals surface area contributed by atoms with Gasteiger partial charge < -0.3 is 4.42 Å². The second kappa shape index (κ2) is 5.72. The second-order valence-electron chi connectivity index (χ2n) is 5.50. The zero-order valence-electron chi connectivity index (χ0n) is 12.3. The van der Waals surface area contributed by atoms with Crippen molar-refractivity contribution in [3.8, 4) is 0 Å². The minimum absolute atomic E-state index is 0.121. The van der Waals surface area contributed by atoms with Gasteiger partial charge in [-0.05, 0) is 55.9 Å². The van der Waals surface area contributed by atoms with Crippen LogP contribution in [0, 0.1) is 13.3 Å². The lowest BCUT2D eigenvalue weighted by molar-refractivity contribution is 0.550. The monoisotopic (exact) mass is 279 g/mol. The fraction of sp³-hybridized carbons (Fsp3) is 0.263. The van der Waals surface area contributed by atoms with Crippen LogP contribution >= 0.6 is 0 Å². The van der Waals surface area contributed by atoms with E-state index >= 15 is 0 Å². The standard InChI is InChI=1S/C19H19O2/c1-3-4-5-6-7-16-13(2)21-18-11-10-15(14-8-9-14)12-17(18)19(16)20/h3,8-12H,1,4-7H2,2H3. The summed E-state index contributed by atoms with van der Waals surface area (Å²) in [5.74, 6) is 0.746. The molecule has 0 saturated carbocycles. The van der Waals surface area contributed by atoms with Gasteiger partial charge in [-0.1, -0.05) is 18.2 Å². The average molecular weight is 279 g/mol. The van der Waals surface area contributed by atoms with Crippen molar-refractivity contribution in [1.29, 1.82) is 0 Å². The van der Waals surface area contributed by atoms with Crippen LogP contribution in [-0.4, -0.2) is 0 Å². The summed E-state index contributed by atoms with van der Waals surface area (Å²) in [6, 6.07) is 5.85. The van der Waals surface area contributed by atoms with Crippen LogP contribution in [0.3, 0.4) is 0 Å². The van der Waals surface area contributed by atoms with Crippen LogP contribution in [-0.2, 0) is 6.42 Å². The highest BCUT2D eigenvalue weighted by atomic mass is 16.3. The van der Waals surface area contributed by atoms with E-state index in [0.717, 1.165) is 42.6 Å². The Bertz CT molecular complexity index is 778. The first kappa shape index (κ1) is 13.9. The van der Waals surface area contributed by atoms with Gasteiger partial charge in [-0.15, -0.1) is 6.58 Å². The highest BCUT2D eigenvalue weighted by molar-refractivity contribution is 5.91. The maximum absolute atomic E-state index is 12.7. The molecule has 1 aliphatic carbocycles. The van der Waals surface area contributed by atoms with Gasteiger partial charge in [-0.2, -0.15) is 0 Å². The third kappa shape index (κ3) is 2.85. The van der Waals surface area contributed by atoms with Gasteiger partial charge >= 0.3 is 0 Å². The van der Waals surface area contributed by atoms with Gasteiger partial charge in [0.2, 0.25) is 0 Å². The number of unbranched alkanes of at least 4 members (excludes halogenated alkanes) is 2. The number of hydrogen-bond acceptors (Lipinski definition) is 2. The van der Waals surface area contributed by atoms with E-state index in [0.29, 0.717) is 11.0 Å². The highest BCUT2D eigenvalue weighted by Gasteiger charge is 2.15. The van der Waals surface area contributed by atoms with Gasteiger partial charge in [0.25, 0.3) is 0 Å². The molecule has 0 bridgehead atoms. The number of benzene rings is 1. The molecule has 0 aliphatic heterocycles. The maximum Gasteiger partial charge on any atom is 0.196 e. The van der Waals surface area contributed by atoms with Crippen LogP contribution in [0.25, 0.3) is 16.5 Å². The Morgan fingerprint density at radius 3 is 2.81 bits per heavy atom. The van der Waals surface area contributed by atoms with E-state index in [1.54, 1.807) is 0 Å². The zero-order valence-corrected chi connectivity index (χ0v) is 12.3. The Morgan fingerprint density at radius 1 is 1.29 bits per heavy atom. The predicted octanol–water partition coefficient (Wildman–Crippen LogP) is 4.60. The molecule has 2 heteroatoms. The van der Waals surface area contributed by atoms with Crippen LogP contribution in [0.1, 0.15) is 36.1 Å². The fourth-order valence-electron chi connectivity index (χ4n) is 2.64. The van der Waals surface area contributed by atoms with E-state index in [1.165, 1.54) is 5.57 Å². The minimum Gasteiger partial charge on any atom is -0.461 e. The van der Waals surface area contributed by atoms with Crippen molar-refractivity contribution in [1.82, 2.24) is 0 Å². The summed E-state index contributed by atoms with van der Waals surface area (Å²) in [6.45, 7) is 5.61. The van der Waals surface area contributed by atoms with E-state index in [9.17, 15) is 4.79 Å². The Kier molecular flexibility index (Phi) is 3.78. The summed E-state index contributed by atoms with van der Waals surface area (Å²) in [4.78, 5) is 12.7. The van der Waals surface area contributed by atoms with E-state index in [4.69, 9.17) is 4.42 Å². The van der Waals surface area contributed by atoms with E-state index in [2.05, 4.69) is 6.58 Å². The normalized spacial score (nSPS) is 13.3. The van der Waals surface area contributed by atoms with Crippen LogP contribution in [0.5, 0.6) is 0 Å². The SMILES string of the molecule is C=CCCCCc1c(C)oc2ccc(C3=C[CH]3)cc2c1=O. The summed E-state index contributed by atoms with van der Waals surface area (Å²) in [7, 11) is 0. The molecule has 0 atom stereocenters. The zero-order chi connectivity index (χ0) is 14.8. The smallest absolute Gasteiger partial charge is 0.196 e. The molecular weight excluding hydrogens is 260 g/mol. The lowest BCUT2D eigenvalue weighted by atomic mass is 10.0. The van der Waals surface area contributed by atoms with Crippen LogP contribution in [0.2, 0.25) is 0 Å². The molecule has 2 aromatic rings. The maximum atomic E-state index is 12.7. The second-order valence-corrected chi connectivity index (χ2v) is 5.50. The molecule has 21 heavy (non-hydrogen) atoms. The Hall–Kier alpha value is -2.09. The number of aryl methyl sites for hydroxylation is 1. The van der Waals surface area contributed by atoms with E-state index < -0.39 is 0 Å². The van der Waals surface area contributed by atoms with Crippen molar-refractivity contribution >= 4 is 16.5 Å².